The highest BCUT2D eigenvalue weighted by molar-refractivity contribution is 7.92. The summed E-state index contributed by atoms with van der Waals surface area (Å²) in [5.41, 5.74) is 0.874. The van der Waals surface area contributed by atoms with Gasteiger partial charge < -0.3 is 4.74 Å². The van der Waals surface area contributed by atoms with Gasteiger partial charge in [0, 0.05) is 18.7 Å². The third-order valence-electron chi connectivity index (χ3n) is 3.90. The molecule has 0 unspecified atom stereocenters. The number of nitrogens with zero attached hydrogens (tertiary/aromatic N) is 2. The van der Waals surface area contributed by atoms with Crippen LogP contribution < -0.4 is 4.31 Å². The predicted octanol–water partition coefficient (Wildman–Crippen LogP) is 2.91. The van der Waals surface area contributed by atoms with E-state index < -0.39 is 20.9 Å². The van der Waals surface area contributed by atoms with E-state index in [1.165, 1.54) is 19.2 Å². The SMILES string of the molecule is CCN(c1cccc(C(=O)OC)c1C)S(=O)(=O)c1ccc([N+](=O)[O-])cc1. The number of hydrogen-bond donors (Lipinski definition) is 0. The predicted molar refractivity (Wildman–Crippen MR) is 95.8 cm³/mol. The first-order valence-electron chi connectivity index (χ1n) is 7.69. The number of esters is 1. The van der Waals surface area contributed by atoms with Crippen molar-refractivity contribution in [3.63, 3.8) is 0 Å². The van der Waals surface area contributed by atoms with Crippen molar-refractivity contribution in [2.45, 2.75) is 18.7 Å². The molecule has 2 rings (SSSR count). The lowest BCUT2D eigenvalue weighted by molar-refractivity contribution is -0.384. The number of carbonyl (C=O) groups is 1. The van der Waals surface area contributed by atoms with Gasteiger partial charge in [-0.2, -0.15) is 0 Å². The summed E-state index contributed by atoms with van der Waals surface area (Å²) in [4.78, 5) is 21.9. The second-order valence-electron chi connectivity index (χ2n) is 5.36. The lowest BCUT2D eigenvalue weighted by atomic mass is 10.1. The van der Waals surface area contributed by atoms with Gasteiger partial charge in [0.05, 0.1) is 28.2 Å². The highest BCUT2D eigenvalue weighted by atomic mass is 32.2. The van der Waals surface area contributed by atoms with Crippen molar-refractivity contribution in [2.75, 3.05) is 18.0 Å². The molecule has 8 nitrogen and oxygen atoms in total. The fourth-order valence-corrected chi connectivity index (χ4v) is 4.09. The number of carbonyl (C=O) groups excluding carboxylic acids is 1. The Morgan fingerprint density at radius 1 is 1.19 bits per heavy atom. The van der Waals surface area contributed by atoms with Crippen LogP contribution in [0.15, 0.2) is 47.4 Å². The number of nitro benzene ring substituents is 1. The standard InChI is InChI=1S/C17H18N2O6S/c1-4-18(16-7-5-6-15(12(16)2)17(20)25-3)26(23,24)14-10-8-13(9-11-14)19(21)22/h5-11H,4H2,1-3H3. The molecule has 0 saturated carbocycles. The minimum absolute atomic E-state index is 0.0761. The molecule has 0 amide bonds. The molecule has 0 aliphatic carbocycles. The molecule has 2 aromatic carbocycles. The van der Waals surface area contributed by atoms with E-state index in [1.54, 1.807) is 32.0 Å². The van der Waals surface area contributed by atoms with Gasteiger partial charge in [0.1, 0.15) is 0 Å². The number of sulfonamides is 1. The minimum atomic E-state index is -3.96. The summed E-state index contributed by atoms with van der Waals surface area (Å²) in [6, 6.07) is 9.37. The molecule has 0 saturated heterocycles. The Bertz CT molecular complexity index is 938. The molecule has 0 bridgehead atoms. The van der Waals surface area contributed by atoms with E-state index in [1.807, 2.05) is 0 Å². The van der Waals surface area contributed by atoms with Crippen LogP contribution in [-0.2, 0) is 14.8 Å². The van der Waals surface area contributed by atoms with Crippen LogP contribution in [0, 0.1) is 17.0 Å². The van der Waals surface area contributed by atoms with Gasteiger partial charge in [-0.25, -0.2) is 13.2 Å². The Morgan fingerprint density at radius 2 is 1.81 bits per heavy atom. The van der Waals surface area contributed by atoms with Crippen LogP contribution in [0.4, 0.5) is 11.4 Å². The van der Waals surface area contributed by atoms with Gasteiger partial charge in [-0.1, -0.05) is 6.07 Å². The highest BCUT2D eigenvalue weighted by Crippen LogP contribution is 2.29. The second kappa shape index (κ2) is 7.52. The fourth-order valence-electron chi connectivity index (χ4n) is 2.56. The smallest absolute Gasteiger partial charge is 0.338 e. The minimum Gasteiger partial charge on any atom is -0.465 e. The molecule has 0 heterocycles. The van der Waals surface area contributed by atoms with Gasteiger partial charge in [-0.05, 0) is 43.7 Å². The van der Waals surface area contributed by atoms with E-state index in [0.29, 0.717) is 11.3 Å². The normalized spacial score (nSPS) is 11.0. The highest BCUT2D eigenvalue weighted by Gasteiger charge is 2.27. The zero-order valence-corrected chi connectivity index (χ0v) is 15.3. The molecular formula is C17H18N2O6S. The molecular weight excluding hydrogens is 360 g/mol. The number of methoxy groups -OCH3 is 1. The molecule has 26 heavy (non-hydrogen) atoms. The van der Waals surface area contributed by atoms with E-state index in [0.717, 1.165) is 16.4 Å². The number of anilines is 1. The van der Waals surface area contributed by atoms with Crippen molar-refractivity contribution in [2.24, 2.45) is 0 Å². The number of ether oxygens (including phenoxy) is 1. The maximum atomic E-state index is 13.0. The molecule has 0 aliphatic rings. The lowest BCUT2D eigenvalue weighted by Crippen LogP contribution is -2.31. The van der Waals surface area contributed by atoms with Crippen LogP contribution in [0.1, 0.15) is 22.8 Å². The largest absolute Gasteiger partial charge is 0.465 e. The first-order valence-corrected chi connectivity index (χ1v) is 9.13. The van der Waals surface area contributed by atoms with Crippen molar-refractivity contribution < 1.29 is 22.9 Å². The molecule has 0 N–H and O–H groups in total. The average Bonchev–Trinajstić information content (AvgIpc) is 2.63. The van der Waals surface area contributed by atoms with Crippen molar-refractivity contribution in [1.82, 2.24) is 0 Å². The van der Waals surface area contributed by atoms with Gasteiger partial charge >= 0.3 is 5.97 Å². The van der Waals surface area contributed by atoms with Gasteiger partial charge in [0.2, 0.25) is 0 Å². The summed E-state index contributed by atoms with van der Waals surface area (Å²) >= 11 is 0. The quantitative estimate of drug-likeness (QED) is 0.435. The van der Waals surface area contributed by atoms with Gasteiger partial charge in [-0.3, -0.25) is 14.4 Å². The van der Waals surface area contributed by atoms with Crippen molar-refractivity contribution in [3.8, 4) is 0 Å². The number of rotatable bonds is 6. The first-order chi connectivity index (χ1) is 12.2. The summed E-state index contributed by atoms with van der Waals surface area (Å²) in [7, 11) is -2.71. The Kier molecular flexibility index (Phi) is 5.61. The van der Waals surface area contributed by atoms with E-state index >= 15 is 0 Å². The Morgan fingerprint density at radius 3 is 2.31 bits per heavy atom. The fraction of sp³-hybridized carbons (Fsp3) is 0.235. The van der Waals surface area contributed by atoms with Crippen molar-refractivity contribution in [1.29, 1.82) is 0 Å². The van der Waals surface area contributed by atoms with Crippen molar-refractivity contribution >= 4 is 27.4 Å². The Labute approximate surface area is 151 Å². The van der Waals surface area contributed by atoms with E-state index in [2.05, 4.69) is 0 Å². The Hall–Kier alpha value is -2.94. The average molecular weight is 378 g/mol. The second-order valence-corrected chi connectivity index (χ2v) is 7.22. The Balaban J connectivity index is 2.53. The lowest BCUT2D eigenvalue weighted by Gasteiger charge is -2.25. The number of non-ortho nitro benzene ring substituents is 1. The molecule has 0 aliphatic heterocycles. The zero-order valence-electron chi connectivity index (χ0n) is 14.5. The molecule has 138 valence electrons. The molecule has 0 fully saturated rings. The molecule has 2 aromatic rings. The molecule has 0 aromatic heterocycles. The van der Waals surface area contributed by atoms with Crippen LogP contribution in [-0.4, -0.2) is 33.0 Å². The van der Waals surface area contributed by atoms with Crippen LogP contribution in [0.25, 0.3) is 0 Å². The molecule has 0 atom stereocenters. The summed E-state index contributed by atoms with van der Waals surface area (Å²) in [6.07, 6.45) is 0. The number of benzene rings is 2. The topological polar surface area (TPSA) is 107 Å². The monoisotopic (exact) mass is 378 g/mol. The maximum Gasteiger partial charge on any atom is 0.338 e. The third-order valence-corrected chi connectivity index (χ3v) is 5.81. The molecule has 0 spiro atoms. The van der Waals surface area contributed by atoms with E-state index in [-0.39, 0.29) is 22.7 Å². The van der Waals surface area contributed by atoms with E-state index in [4.69, 9.17) is 4.74 Å². The molecule has 0 radical (unpaired) electrons. The maximum absolute atomic E-state index is 13.0. The van der Waals surface area contributed by atoms with Crippen LogP contribution in [0.5, 0.6) is 0 Å². The third kappa shape index (κ3) is 3.52. The van der Waals surface area contributed by atoms with Crippen LogP contribution >= 0.6 is 0 Å². The summed E-state index contributed by atoms with van der Waals surface area (Å²) in [5.74, 6) is -0.562. The summed E-state index contributed by atoms with van der Waals surface area (Å²) in [6.45, 7) is 3.41. The number of hydrogen-bond acceptors (Lipinski definition) is 6. The number of nitro groups is 1. The first kappa shape index (κ1) is 19.4. The van der Waals surface area contributed by atoms with Crippen LogP contribution in [0.2, 0.25) is 0 Å². The van der Waals surface area contributed by atoms with Crippen LogP contribution in [0.3, 0.4) is 0 Å². The van der Waals surface area contributed by atoms with Gasteiger partial charge in [0.15, 0.2) is 0 Å². The zero-order chi connectivity index (χ0) is 19.5. The van der Waals surface area contributed by atoms with Gasteiger partial charge in [-0.15, -0.1) is 0 Å². The van der Waals surface area contributed by atoms with Crippen molar-refractivity contribution in [3.05, 3.63) is 63.7 Å². The van der Waals surface area contributed by atoms with Gasteiger partial charge in [0.25, 0.3) is 15.7 Å². The molecule has 9 heteroatoms. The summed E-state index contributed by atoms with van der Waals surface area (Å²) < 4.78 is 31.8. The summed E-state index contributed by atoms with van der Waals surface area (Å²) in [5, 5.41) is 10.7. The van der Waals surface area contributed by atoms with E-state index in [9.17, 15) is 23.3 Å².